The van der Waals surface area contributed by atoms with Crippen LogP contribution in [-0.4, -0.2) is 36.6 Å². The summed E-state index contributed by atoms with van der Waals surface area (Å²) in [5.41, 5.74) is 9.13. The zero-order valence-electron chi connectivity index (χ0n) is 18.1. The monoisotopic (exact) mass is 436 g/mol. The van der Waals surface area contributed by atoms with Crippen LogP contribution in [0.25, 0.3) is 22.3 Å². The van der Waals surface area contributed by atoms with Gasteiger partial charge in [0.15, 0.2) is 0 Å². The van der Waals surface area contributed by atoms with Crippen LogP contribution in [0.2, 0.25) is 0 Å². The predicted molar refractivity (Wildman–Crippen MR) is 128 cm³/mol. The van der Waals surface area contributed by atoms with E-state index in [1.807, 2.05) is 12.1 Å². The first-order valence-electron chi connectivity index (χ1n) is 11.2. The Labute approximate surface area is 192 Å². The molecule has 4 heteroatoms. The molecule has 4 nitrogen and oxygen atoms in total. The van der Waals surface area contributed by atoms with Crippen molar-refractivity contribution in [1.82, 2.24) is 0 Å². The van der Waals surface area contributed by atoms with E-state index in [-0.39, 0.29) is 26.4 Å². The highest BCUT2D eigenvalue weighted by atomic mass is 16.5. The smallest absolute Gasteiger partial charge is 0.119 e. The quantitative estimate of drug-likeness (QED) is 0.395. The van der Waals surface area contributed by atoms with Gasteiger partial charge in [0.25, 0.3) is 0 Å². The van der Waals surface area contributed by atoms with Gasteiger partial charge in [0.2, 0.25) is 0 Å². The third-order valence-corrected chi connectivity index (χ3v) is 6.75. The van der Waals surface area contributed by atoms with Crippen molar-refractivity contribution < 1.29 is 19.7 Å². The van der Waals surface area contributed by atoms with Gasteiger partial charge in [-0.05, 0) is 68.8 Å². The summed E-state index contributed by atoms with van der Waals surface area (Å²) in [7, 11) is 0. The molecule has 164 valence electrons. The number of hydrogen-bond donors (Lipinski definition) is 2. The summed E-state index contributed by atoms with van der Waals surface area (Å²) >= 11 is 0. The highest BCUT2D eigenvalue weighted by Crippen LogP contribution is 2.63. The molecule has 2 N–H and O–H groups in total. The van der Waals surface area contributed by atoms with E-state index >= 15 is 0 Å². The van der Waals surface area contributed by atoms with Crippen molar-refractivity contribution in [2.24, 2.45) is 0 Å². The van der Waals surface area contributed by atoms with Crippen LogP contribution in [0.1, 0.15) is 22.3 Å². The number of ether oxygens (including phenoxy) is 2. The fraction of sp³-hybridized carbons (Fsp3) is 0.172. The van der Waals surface area contributed by atoms with Crippen LogP contribution >= 0.6 is 0 Å². The van der Waals surface area contributed by atoms with Gasteiger partial charge in [0.1, 0.15) is 24.7 Å². The Morgan fingerprint density at radius 1 is 0.515 bits per heavy atom. The first-order valence-corrected chi connectivity index (χ1v) is 11.2. The first kappa shape index (κ1) is 20.0. The summed E-state index contributed by atoms with van der Waals surface area (Å²) in [6.45, 7) is 0.454. The Morgan fingerprint density at radius 3 is 1.39 bits per heavy atom. The maximum absolute atomic E-state index is 9.27. The van der Waals surface area contributed by atoms with Gasteiger partial charge >= 0.3 is 0 Å². The summed E-state index contributed by atoms with van der Waals surface area (Å²) < 4.78 is 11.7. The lowest BCUT2D eigenvalue weighted by Crippen LogP contribution is -2.26. The lowest BCUT2D eigenvalue weighted by molar-refractivity contribution is 0.201. The lowest BCUT2D eigenvalue weighted by Gasteiger charge is -2.30. The molecule has 1 spiro atoms. The highest BCUT2D eigenvalue weighted by molar-refractivity contribution is 5.95. The van der Waals surface area contributed by atoms with E-state index in [4.69, 9.17) is 9.47 Å². The molecule has 6 rings (SSSR count). The van der Waals surface area contributed by atoms with Gasteiger partial charge < -0.3 is 19.7 Å². The maximum atomic E-state index is 9.27. The maximum Gasteiger partial charge on any atom is 0.119 e. The van der Waals surface area contributed by atoms with Crippen molar-refractivity contribution in [3.63, 3.8) is 0 Å². The van der Waals surface area contributed by atoms with Crippen molar-refractivity contribution in [3.8, 4) is 33.8 Å². The van der Waals surface area contributed by atoms with Crippen LogP contribution in [0.3, 0.4) is 0 Å². The third-order valence-electron chi connectivity index (χ3n) is 6.75. The van der Waals surface area contributed by atoms with E-state index in [1.54, 1.807) is 0 Å². The van der Waals surface area contributed by atoms with Crippen LogP contribution in [0, 0.1) is 0 Å². The molecule has 0 radical (unpaired) electrons. The predicted octanol–water partition coefficient (Wildman–Crippen LogP) is 4.77. The fourth-order valence-electron chi connectivity index (χ4n) is 5.60. The van der Waals surface area contributed by atoms with E-state index < -0.39 is 5.41 Å². The molecule has 0 unspecified atom stereocenters. The Bertz CT molecular complexity index is 1250. The molecule has 33 heavy (non-hydrogen) atoms. The van der Waals surface area contributed by atoms with Crippen molar-refractivity contribution in [1.29, 1.82) is 0 Å². The molecule has 0 saturated heterocycles. The normalized spacial score (nSPS) is 13.9. The fourth-order valence-corrected chi connectivity index (χ4v) is 5.60. The lowest BCUT2D eigenvalue weighted by atomic mass is 9.70. The molecule has 0 fully saturated rings. The van der Waals surface area contributed by atoms with Crippen LogP contribution in [0.5, 0.6) is 11.5 Å². The Hall–Kier alpha value is -3.60. The van der Waals surface area contributed by atoms with Crippen LogP contribution in [-0.2, 0) is 5.41 Å². The molecule has 0 saturated carbocycles. The van der Waals surface area contributed by atoms with Gasteiger partial charge in [0, 0.05) is 0 Å². The second-order valence-corrected chi connectivity index (χ2v) is 8.40. The minimum atomic E-state index is -0.491. The molecule has 0 aliphatic heterocycles. The molecule has 0 bridgehead atoms. The molecule has 0 heterocycles. The molecule has 0 atom stereocenters. The summed E-state index contributed by atoms with van der Waals surface area (Å²) in [5.74, 6) is 1.49. The molecular weight excluding hydrogens is 412 g/mol. The molecule has 4 aromatic rings. The molecule has 0 aromatic heterocycles. The van der Waals surface area contributed by atoms with Crippen LogP contribution < -0.4 is 9.47 Å². The summed E-state index contributed by atoms with van der Waals surface area (Å²) in [6.07, 6.45) is 0. The van der Waals surface area contributed by atoms with Gasteiger partial charge in [-0.3, -0.25) is 0 Å². The largest absolute Gasteiger partial charge is 0.491 e. The SMILES string of the molecule is OCCOc1ccc2c(c1)C1(c3ccccc3-c3ccccc31)c1cc(OCCO)ccc1-2. The summed E-state index contributed by atoms with van der Waals surface area (Å²) in [5, 5.41) is 18.5. The number of aliphatic hydroxyl groups is 2. The zero-order valence-corrected chi connectivity index (χ0v) is 18.1. The zero-order chi connectivity index (χ0) is 22.4. The van der Waals surface area contributed by atoms with Crippen molar-refractivity contribution >= 4 is 0 Å². The molecule has 0 amide bonds. The summed E-state index contributed by atoms with van der Waals surface area (Å²) in [6, 6.07) is 29.6. The van der Waals surface area contributed by atoms with Crippen LogP contribution in [0.4, 0.5) is 0 Å². The standard InChI is InChI=1S/C29H24O4/c30-13-15-32-19-9-11-23-24-12-10-20(33-16-14-31)18-28(24)29(27(23)17-19)25-7-3-1-5-21(25)22-6-2-4-8-26(22)29/h1-12,17-18,30-31H,13-16H2. The second-order valence-electron chi connectivity index (χ2n) is 8.40. The highest BCUT2D eigenvalue weighted by Gasteiger charge is 2.51. The average Bonchev–Trinajstić information content (AvgIpc) is 3.33. The molecule has 2 aliphatic rings. The number of hydrogen-bond acceptors (Lipinski definition) is 4. The van der Waals surface area contributed by atoms with E-state index in [2.05, 4.69) is 72.8 Å². The van der Waals surface area contributed by atoms with E-state index in [9.17, 15) is 10.2 Å². The van der Waals surface area contributed by atoms with Crippen molar-refractivity contribution in [2.75, 3.05) is 26.4 Å². The minimum absolute atomic E-state index is 0.0281. The van der Waals surface area contributed by atoms with Gasteiger partial charge in [-0.1, -0.05) is 60.7 Å². The number of benzene rings is 4. The summed E-state index contributed by atoms with van der Waals surface area (Å²) in [4.78, 5) is 0. The van der Waals surface area contributed by atoms with Gasteiger partial charge in [-0.2, -0.15) is 0 Å². The van der Waals surface area contributed by atoms with Gasteiger partial charge in [0.05, 0.1) is 18.6 Å². The van der Waals surface area contributed by atoms with Gasteiger partial charge in [-0.25, -0.2) is 0 Å². The average molecular weight is 437 g/mol. The topological polar surface area (TPSA) is 58.9 Å². The number of aliphatic hydroxyl groups excluding tert-OH is 2. The second kappa shape index (κ2) is 7.77. The first-order chi connectivity index (χ1) is 16.3. The Morgan fingerprint density at radius 2 is 0.939 bits per heavy atom. The van der Waals surface area contributed by atoms with Crippen molar-refractivity contribution in [3.05, 3.63) is 107 Å². The minimum Gasteiger partial charge on any atom is -0.491 e. The van der Waals surface area contributed by atoms with Crippen LogP contribution in [0.15, 0.2) is 84.9 Å². The molecular formula is C29H24O4. The molecule has 2 aliphatic carbocycles. The number of fused-ring (bicyclic) bond motifs is 10. The number of rotatable bonds is 6. The molecule has 4 aromatic carbocycles. The van der Waals surface area contributed by atoms with E-state index in [1.165, 1.54) is 44.5 Å². The third kappa shape index (κ3) is 2.78. The van der Waals surface area contributed by atoms with E-state index in [0.717, 1.165) is 11.5 Å². The van der Waals surface area contributed by atoms with Crippen molar-refractivity contribution in [2.45, 2.75) is 5.41 Å². The van der Waals surface area contributed by atoms with E-state index in [0.29, 0.717) is 0 Å². The Kier molecular flexibility index (Phi) is 4.72. The van der Waals surface area contributed by atoms with Gasteiger partial charge in [-0.15, -0.1) is 0 Å². The Balaban J connectivity index is 1.69.